The second-order valence-corrected chi connectivity index (χ2v) is 5.00. The Morgan fingerprint density at radius 3 is 2.95 bits per heavy atom. The highest BCUT2D eigenvalue weighted by Gasteiger charge is 2.12. The number of nitrogens with one attached hydrogen (secondary N) is 1. The second-order valence-electron chi connectivity index (χ2n) is 4.02. The molecule has 0 aliphatic carbocycles. The fourth-order valence-corrected chi connectivity index (χ4v) is 2.31. The Morgan fingerprint density at radius 2 is 2.25 bits per heavy atom. The van der Waals surface area contributed by atoms with Crippen molar-refractivity contribution < 1.29 is 9.72 Å². The highest BCUT2D eigenvalue weighted by Crippen LogP contribution is 2.28. The highest BCUT2D eigenvalue weighted by molar-refractivity contribution is 7.18. The summed E-state index contributed by atoms with van der Waals surface area (Å²) in [4.78, 5) is 21.7. The molecule has 0 saturated heterocycles. The van der Waals surface area contributed by atoms with Crippen molar-refractivity contribution in [2.24, 2.45) is 0 Å². The van der Waals surface area contributed by atoms with Crippen LogP contribution in [0.25, 0.3) is 10.6 Å². The average Bonchev–Trinajstić information content (AvgIpc) is 2.87. The summed E-state index contributed by atoms with van der Waals surface area (Å²) in [5.41, 5.74) is 0.599. The van der Waals surface area contributed by atoms with Crippen LogP contribution in [0.1, 0.15) is 19.8 Å². The zero-order valence-corrected chi connectivity index (χ0v) is 11.5. The average molecular weight is 292 g/mol. The molecule has 7 nitrogen and oxygen atoms in total. The van der Waals surface area contributed by atoms with Gasteiger partial charge in [0.15, 0.2) is 0 Å². The number of non-ortho nitro benzene ring substituents is 1. The van der Waals surface area contributed by atoms with Crippen LogP contribution in [0.2, 0.25) is 0 Å². The molecule has 8 heteroatoms. The van der Waals surface area contributed by atoms with Gasteiger partial charge in [-0.25, -0.2) is 0 Å². The van der Waals surface area contributed by atoms with E-state index >= 15 is 0 Å². The van der Waals surface area contributed by atoms with Crippen molar-refractivity contribution in [1.82, 2.24) is 10.2 Å². The van der Waals surface area contributed by atoms with Crippen molar-refractivity contribution in [3.05, 3.63) is 34.4 Å². The van der Waals surface area contributed by atoms with Gasteiger partial charge < -0.3 is 5.32 Å². The van der Waals surface area contributed by atoms with Crippen LogP contribution in [0.5, 0.6) is 0 Å². The summed E-state index contributed by atoms with van der Waals surface area (Å²) in [6, 6.07) is 6.14. The Balaban J connectivity index is 2.18. The molecule has 104 valence electrons. The molecule has 1 aromatic carbocycles. The van der Waals surface area contributed by atoms with Crippen molar-refractivity contribution in [1.29, 1.82) is 0 Å². The van der Waals surface area contributed by atoms with E-state index in [2.05, 4.69) is 15.5 Å². The van der Waals surface area contributed by atoms with Gasteiger partial charge in [0, 0.05) is 24.1 Å². The molecule has 0 radical (unpaired) electrons. The van der Waals surface area contributed by atoms with Crippen LogP contribution in [0.15, 0.2) is 24.3 Å². The number of nitro groups is 1. The molecule has 0 aliphatic rings. The fourth-order valence-electron chi connectivity index (χ4n) is 1.55. The topological polar surface area (TPSA) is 98.0 Å². The maximum Gasteiger partial charge on any atom is 0.270 e. The van der Waals surface area contributed by atoms with Crippen LogP contribution in [-0.4, -0.2) is 21.0 Å². The monoisotopic (exact) mass is 292 g/mol. The predicted octanol–water partition coefficient (Wildman–Crippen LogP) is 2.85. The molecular weight excluding hydrogens is 280 g/mol. The van der Waals surface area contributed by atoms with Gasteiger partial charge in [-0.1, -0.05) is 30.4 Å². The Hall–Kier alpha value is -2.35. The summed E-state index contributed by atoms with van der Waals surface area (Å²) >= 11 is 1.18. The molecule has 0 spiro atoms. The molecule has 2 rings (SSSR count). The number of carbonyl (C=O) groups excluding carboxylic acids is 1. The van der Waals surface area contributed by atoms with Crippen molar-refractivity contribution in [3.8, 4) is 10.6 Å². The summed E-state index contributed by atoms with van der Waals surface area (Å²) in [7, 11) is 0. The van der Waals surface area contributed by atoms with Crippen LogP contribution in [0.4, 0.5) is 10.8 Å². The number of amides is 1. The zero-order chi connectivity index (χ0) is 14.5. The molecule has 1 amide bonds. The van der Waals surface area contributed by atoms with Crippen molar-refractivity contribution >= 4 is 28.1 Å². The number of carbonyl (C=O) groups is 1. The fraction of sp³-hybridized carbons (Fsp3) is 0.250. The smallest absolute Gasteiger partial charge is 0.270 e. The summed E-state index contributed by atoms with van der Waals surface area (Å²) < 4.78 is 0. The second kappa shape index (κ2) is 6.20. The van der Waals surface area contributed by atoms with Gasteiger partial charge in [-0.3, -0.25) is 14.9 Å². The lowest BCUT2D eigenvalue weighted by Gasteiger charge is -1.97. The maximum absolute atomic E-state index is 11.4. The number of hydrogen-bond donors (Lipinski definition) is 1. The van der Waals surface area contributed by atoms with Gasteiger partial charge in [0.25, 0.3) is 5.69 Å². The minimum Gasteiger partial charge on any atom is -0.301 e. The Bertz CT molecular complexity index is 641. The molecule has 0 atom stereocenters. The number of rotatable bonds is 5. The lowest BCUT2D eigenvalue weighted by atomic mass is 10.2. The molecule has 0 bridgehead atoms. The van der Waals surface area contributed by atoms with E-state index in [0.717, 1.165) is 6.42 Å². The maximum atomic E-state index is 11.4. The number of nitrogens with zero attached hydrogens (tertiary/aromatic N) is 3. The van der Waals surface area contributed by atoms with Crippen molar-refractivity contribution in [2.75, 3.05) is 5.32 Å². The molecule has 1 aromatic heterocycles. The number of nitro benzene ring substituents is 1. The molecule has 0 saturated carbocycles. The molecule has 2 aromatic rings. The van der Waals surface area contributed by atoms with E-state index in [1.165, 1.54) is 23.5 Å². The molecule has 0 fully saturated rings. The lowest BCUT2D eigenvalue weighted by molar-refractivity contribution is -0.384. The molecule has 1 heterocycles. The van der Waals surface area contributed by atoms with Crippen molar-refractivity contribution in [2.45, 2.75) is 19.8 Å². The first-order valence-corrected chi connectivity index (χ1v) is 6.80. The van der Waals surface area contributed by atoms with E-state index in [9.17, 15) is 14.9 Å². The highest BCUT2D eigenvalue weighted by atomic mass is 32.1. The largest absolute Gasteiger partial charge is 0.301 e. The third-order valence-electron chi connectivity index (χ3n) is 2.45. The summed E-state index contributed by atoms with van der Waals surface area (Å²) in [6.45, 7) is 1.91. The summed E-state index contributed by atoms with van der Waals surface area (Å²) in [5, 5.41) is 22.1. The third-order valence-corrected chi connectivity index (χ3v) is 3.34. The normalized spacial score (nSPS) is 10.2. The Kier molecular flexibility index (Phi) is 4.36. The van der Waals surface area contributed by atoms with Gasteiger partial charge in [-0.15, -0.1) is 10.2 Å². The number of benzene rings is 1. The molecule has 0 aliphatic heterocycles. The number of anilines is 1. The SMILES string of the molecule is CCCC(=O)Nc1nnc(-c2cccc([N+](=O)[O-])c2)s1. The van der Waals surface area contributed by atoms with Gasteiger partial charge >= 0.3 is 0 Å². The van der Waals surface area contributed by atoms with E-state index < -0.39 is 4.92 Å². The van der Waals surface area contributed by atoms with Crippen LogP contribution >= 0.6 is 11.3 Å². The van der Waals surface area contributed by atoms with E-state index in [1.807, 2.05) is 6.92 Å². The van der Waals surface area contributed by atoms with Gasteiger partial charge in [0.05, 0.1) is 4.92 Å². The van der Waals surface area contributed by atoms with Gasteiger partial charge in [0.2, 0.25) is 11.0 Å². The Morgan fingerprint density at radius 1 is 1.45 bits per heavy atom. The van der Waals surface area contributed by atoms with Crippen LogP contribution in [-0.2, 0) is 4.79 Å². The van der Waals surface area contributed by atoms with Gasteiger partial charge in [0.1, 0.15) is 5.01 Å². The minimum atomic E-state index is -0.464. The predicted molar refractivity (Wildman–Crippen MR) is 75.5 cm³/mol. The van der Waals surface area contributed by atoms with E-state index in [1.54, 1.807) is 12.1 Å². The van der Waals surface area contributed by atoms with E-state index in [0.29, 0.717) is 22.1 Å². The first-order valence-electron chi connectivity index (χ1n) is 5.98. The van der Waals surface area contributed by atoms with E-state index in [4.69, 9.17) is 0 Å². The number of aromatic nitrogens is 2. The lowest BCUT2D eigenvalue weighted by Crippen LogP contribution is -2.10. The summed E-state index contributed by atoms with van der Waals surface area (Å²) in [6.07, 6.45) is 1.17. The zero-order valence-electron chi connectivity index (χ0n) is 10.7. The molecule has 20 heavy (non-hydrogen) atoms. The first kappa shape index (κ1) is 14.1. The Labute approximate surface area is 118 Å². The standard InChI is InChI=1S/C12H12N4O3S/c1-2-4-10(17)13-12-15-14-11(20-12)8-5-3-6-9(7-8)16(18)19/h3,5-7H,2,4H2,1H3,(H,13,15,17). The van der Waals surface area contributed by atoms with E-state index in [-0.39, 0.29) is 11.6 Å². The quantitative estimate of drug-likeness (QED) is 0.675. The first-order chi connectivity index (χ1) is 9.60. The minimum absolute atomic E-state index is 0.00531. The molecule has 0 unspecified atom stereocenters. The van der Waals surface area contributed by atoms with Crippen molar-refractivity contribution in [3.63, 3.8) is 0 Å². The summed E-state index contributed by atoms with van der Waals surface area (Å²) in [5.74, 6) is -0.116. The van der Waals surface area contributed by atoms with Crippen LogP contribution < -0.4 is 5.32 Å². The number of hydrogen-bond acceptors (Lipinski definition) is 6. The van der Waals surface area contributed by atoms with Gasteiger partial charge in [-0.05, 0) is 6.42 Å². The van der Waals surface area contributed by atoms with Gasteiger partial charge in [-0.2, -0.15) is 0 Å². The molecular formula is C12H12N4O3S. The van der Waals surface area contributed by atoms with Crippen LogP contribution in [0.3, 0.4) is 0 Å². The van der Waals surface area contributed by atoms with Crippen LogP contribution in [0, 0.1) is 10.1 Å². The molecule has 1 N–H and O–H groups in total. The third kappa shape index (κ3) is 3.35.